The molecular formula is C91H108N4O19Si2. The molecule has 1 fully saturated rings. The third kappa shape index (κ3) is 17.1. The third-order valence-corrected chi connectivity index (χ3v) is 32.1. The molecule has 5 aliphatic rings. The van der Waals surface area contributed by atoms with E-state index in [9.17, 15) is 29.1 Å². The number of hydrogen-bond donors (Lipinski definition) is 1. The van der Waals surface area contributed by atoms with E-state index < -0.39 is 116 Å². The molecule has 0 radical (unpaired) electrons. The number of allylic oxidation sites excluding steroid dienone is 1. The largest absolute Gasteiger partial charge is 0.514 e. The number of carbonyl (C=O) groups excluding carboxylic acids is 7. The molecule has 0 spiro atoms. The van der Waals surface area contributed by atoms with Gasteiger partial charge in [0.1, 0.15) is 65.5 Å². The van der Waals surface area contributed by atoms with Gasteiger partial charge < -0.3 is 56.2 Å². The highest BCUT2D eigenvalue weighted by Crippen LogP contribution is 2.62. The number of esters is 1. The summed E-state index contributed by atoms with van der Waals surface area (Å²) >= 11 is 0. The SMILES string of the molecule is CCc1cccc(OC(=O)OC(C)(C)C)c1C(=O)Oc1ccccc1.C[C@H]1C=CC(=O)[C@]2(O[Si](C)(C)C(C)(C)C)C(=O)c3c(OCc4ccccc4)noc3[C@@H](N(C)C)[C@H]12.Cc1cccc2c1C(O)=C1C(=O)[C@]3(O[Si](C)(C)C(C)(C)C)C(=O)c4c(OCc5ccccc5)noc4[C@@H](N(C)C)[C@@H]3[C@@H](OC(=O)OCc3ccccc3)[C@@H]1[C@H]2C. The normalized spacial score (nSPS) is 22.2. The molecule has 25 heteroatoms. The van der Waals surface area contributed by atoms with Gasteiger partial charge >= 0.3 is 18.3 Å². The number of aryl methyl sites for hydroxylation is 2. The van der Waals surface area contributed by atoms with Gasteiger partial charge in [-0.15, -0.1) is 0 Å². The number of Topliss-reactive ketones (excluding diaryl/α,β-unsaturated/α-hetero) is 3. The zero-order chi connectivity index (χ0) is 84.5. The fourth-order valence-electron chi connectivity index (χ4n) is 15.6. The van der Waals surface area contributed by atoms with Crippen LogP contribution in [-0.4, -0.2) is 134 Å². The van der Waals surface area contributed by atoms with Crippen molar-refractivity contribution in [2.24, 2.45) is 23.7 Å². The molecular weight excluding hydrogens is 1510 g/mol. The summed E-state index contributed by atoms with van der Waals surface area (Å²) in [6.07, 6.45) is 0.889. The smallest absolute Gasteiger partial charge is 0.507 e. The lowest BCUT2D eigenvalue weighted by Gasteiger charge is -2.57. The molecule has 2 heterocycles. The molecule has 0 bridgehead atoms. The maximum Gasteiger partial charge on any atom is 0.514 e. The van der Waals surface area contributed by atoms with Crippen LogP contribution >= 0.6 is 0 Å². The lowest BCUT2D eigenvalue weighted by molar-refractivity contribution is -0.158. The Bertz CT molecular complexity index is 5020. The van der Waals surface area contributed by atoms with Crippen molar-refractivity contribution in [1.29, 1.82) is 0 Å². The zero-order valence-electron chi connectivity index (χ0n) is 70.2. The van der Waals surface area contributed by atoms with Crippen molar-refractivity contribution >= 4 is 63.8 Å². The van der Waals surface area contributed by atoms with E-state index >= 15 is 9.59 Å². The van der Waals surface area contributed by atoms with E-state index in [0.717, 1.165) is 33.4 Å². The average molecular weight is 1620 g/mol. The Morgan fingerprint density at radius 3 is 1.53 bits per heavy atom. The van der Waals surface area contributed by atoms with E-state index in [2.05, 4.69) is 44.2 Å². The Kier molecular flexibility index (Phi) is 25.4. The Balaban J connectivity index is 0.000000188. The number of hydrogen-bond acceptors (Lipinski definition) is 23. The summed E-state index contributed by atoms with van der Waals surface area (Å²) in [5.74, 6) is -4.88. The van der Waals surface area contributed by atoms with Gasteiger partial charge in [-0.25, -0.2) is 14.4 Å². The number of rotatable bonds is 19. The van der Waals surface area contributed by atoms with E-state index in [4.69, 9.17) is 51.1 Å². The first-order valence-electron chi connectivity index (χ1n) is 39.2. The topological polar surface area (TPSA) is 281 Å². The Morgan fingerprint density at radius 2 is 1.03 bits per heavy atom. The zero-order valence-corrected chi connectivity index (χ0v) is 72.2. The number of benzene rings is 6. The van der Waals surface area contributed by atoms with Crippen LogP contribution < -0.4 is 18.9 Å². The number of fused-ring (bicyclic) bond motifs is 6. The van der Waals surface area contributed by atoms with Crippen molar-refractivity contribution in [2.75, 3.05) is 28.2 Å². The van der Waals surface area contributed by atoms with Crippen LogP contribution in [-0.2, 0) is 58.9 Å². The van der Waals surface area contributed by atoms with Crippen LogP contribution in [0.1, 0.15) is 183 Å². The molecule has 0 amide bonds. The molecule has 2 aromatic heterocycles. The van der Waals surface area contributed by atoms with Gasteiger partial charge in [0.2, 0.25) is 17.3 Å². The maximum atomic E-state index is 15.9. The van der Waals surface area contributed by atoms with Gasteiger partial charge in [0.15, 0.2) is 45.1 Å². The van der Waals surface area contributed by atoms with Gasteiger partial charge in [-0.2, -0.15) is 0 Å². The average Bonchev–Trinajstić information content (AvgIpc) is 1.10. The fraction of sp³-hybridized carbons (Fsp3) is 0.418. The van der Waals surface area contributed by atoms with Gasteiger partial charge in [0, 0.05) is 23.0 Å². The summed E-state index contributed by atoms with van der Waals surface area (Å²) in [6, 6.07) is 46.5. The summed E-state index contributed by atoms with van der Waals surface area (Å²) in [5.41, 5.74) is 1.04. The lowest BCUT2D eigenvalue weighted by atomic mass is 9.53. The molecule has 10 atom stereocenters. The third-order valence-electron chi connectivity index (χ3n) is 23.3. The predicted molar refractivity (Wildman–Crippen MR) is 442 cm³/mol. The molecule has 1 N–H and O–H groups in total. The molecule has 5 aliphatic carbocycles. The van der Waals surface area contributed by atoms with Crippen molar-refractivity contribution in [3.05, 3.63) is 243 Å². The first-order valence-corrected chi connectivity index (χ1v) is 45.0. The second-order valence-corrected chi connectivity index (χ2v) is 44.2. The van der Waals surface area contributed by atoms with E-state index in [0.29, 0.717) is 23.5 Å². The monoisotopic (exact) mass is 1620 g/mol. The number of aliphatic hydroxyl groups excluding tert-OH is 1. The van der Waals surface area contributed by atoms with Crippen LogP contribution in [0.5, 0.6) is 23.3 Å². The van der Waals surface area contributed by atoms with E-state index in [1.165, 1.54) is 6.08 Å². The van der Waals surface area contributed by atoms with Crippen LogP contribution in [0.3, 0.4) is 0 Å². The molecule has 0 unspecified atom stereocenters. The number of ketones is 4. The fourth-order valence-corrected chi connectivity index (χ4v) is 18.5. The van der Waals surface area contributed by atoms with Crippen LogP contribution in [0, 0.1) is 30.6 Å². The van der Waals surface area contributed by atoms with Gasteiger partial charge in [-0.1, -0.05) is 208 Å². The van der Waals surface area contributed by atoms with Gasteiger partial charge in [-0.3, -0.25) is 29.0 Å². The van der Waals surface area contributed by atoms with Crippen LogP contribution in [0.15, 0.2) is 184 Å². The number of nitrogens with zero attached hydrogens (tertiary/aromatic N) is 4. The predicted octanol–water partition coefficient (Wildman–Crippen LogP) is 18.7. The molecule has 1 saturated carbocycles. The number of aliphatic hydroxyl groups is 1. The molecule has 8 aromatic rings. The van der Waals surface area contributed by atoms with Gasteiger partial charge in [0.05, 0.1) is 18.0 Å². The van der Waals surface area contributed by atoms with Gasteiger partial charge in [-0.05, 0) is 178 Å². The first-order chi connectivity index (χ1) is 54.6. The first kappa shape index (κ1) is 86.4. The summed E-state index contributed by atoms with van der Waals surface area (Å²) in [4.78, 5) is 102. The minimum absolute atomic E-state index is 0.0207. The van der Waals surface area contributed by atoms with E-state index in [1.54, 1.807) is 77.3 Å². The minimum atomic E-state index is -3.08. The summed E-state index contributed by atoms with van der Waals surface area (Å²) < 4.78 is 66.2. The highest BCUT2D eigenvalue weighted by Gasteiger charge is 2.74. The van der Waals surface area contributed by atoms with E-state index in [-0.39, 0.29) is 87.9 Å². The summed E-state index contributed by atoms with van der Waals surface area (Å²) in [7, 11) is 1.80. The highest BCUT2D eigenvalue weighted by atomic mass is 28.4. The summed E-state index contributed by atoms with van der Waals surface area (Å²) in [5, 5.41) is 20.1. The highest BCUT2D eigenvalue weighted by molar-refractivity contribution is 6.75. The van der Waals surface area contributed by atoms with Crippen LogP contribution in [0.4, 0.5) is 9.59 Å². The number of para-hydroxylation sites is 1. The lowest BCUT2D eigenvalue weighted by Crippen LogP contribution is -2.72. The number of carbonyl (C=O) groups is 7. The van der Waals surface area contributed by atoms with Crippen molar-refractivity contribution in [3.63, 3.8) is 0 Å². The molecule has 13 rings (SSSR count). The Labute approximate surface area is 681 Å². The minimum Gasteiger partial charge on any atom is -0.507 e. The Hall–Kier alpha value is -10.4. The van der Waals surface area contributed by atoms with Crippen LogP contribution in [0.25, 0.3) is 5.76 Å². The maximum absolute atomic E-state index is 15.9. The Morgan fingerprint density at radius 1 is 0.560 bits per heavy atom. The molecule has 23 nitrogen and oxygen atoms in total. The number of ether oxygens (including phenoxy) is 7. The second kappa shape index (κ2) is 34.0. The van der Waals surface area contributed by atoms with Crippen molar-refractivity contribution in [3.8, 4) is 23.3 Å². The molecule has 0 saturated heterocycles. The summed E-state index contributed by atoms with van der Waals surface area (Å²) in [6.45, 7) is 33.6. The second-order valence-electron chi connectivity index (χ2n) is 34.8. The van der Waals surface area contributed by atoms with Gasteiger partial charge in [0.25, 0.3) is 11.8 Å². The van der Waals surface area contributed by atoms with Crippen molar-refractivity contribution < 1.29 is 89.7 Å². The van der Waals surface area contributed by atoms with Crippen molar-refractivity contribution in [1.82, 2.24) is 20.1 Å². The molecule has 614 valence electrons. The number of aromatic nitrogens is 2. The molecule has 116 heavy (non-hydrogen) atoms. The van der Waals surface area contributed by atoms with Crippen molar-refractivity contribution in [2.45, 2.75) is 193 Å². The van der Waals surface area contributed by atoms with Crippen LogP contribution in [0.2, 0.25) is 36.3 Å². The van der Waals surface area contributed by atoms with E-state index in [1.807, 2.05) is 207 Å². The quantitative estimate of drug-likeness (QED) is 0.0259. The molecule has 6 aromatic carbocycles. The molecule has 0 aliphatic heterocycles. The standard InChI is InChI=1S/C44H50N2O9Si.C27H36N2O5Si.C20H22O5/c1-25-17-16-22-29-26(2)31-32(36(47)30(25)29)39(48)44(55-56(8,9)43(3,4)5)34(37(31)53-42(50)52-24-28-20-14-11-15-21-28)35(46(6)7)38-33(40(44)49)41(45-54-38)51-23-27-18-12-10-13-19-27;1-17-14-15-19(30)27(34-35(7,8)26(2,3)4)21(17)22(29(5)6)23-20(24(27)31)25(28-33-23)32-16-18-12-10-9-11-13-18;1-5-14-10-9-13-16(24-19(22)25-20(2,3)4)17(14)18(21)23-15-11-7-6-8-12-15/h10-22,26,31,34-35,37,47H,23-24H2,1-9H3;9-15,17,21-22H,16H2,1-8H3;6-13H,5H2,1-4H3/t26-,31+,34+,35-,37-,44-;17-,21-,22-,27+;/m00./s1.